The number of carboxylic acid groups (broad SMARTS) is 1. The summed E-state index contributed by atoms with van der Waals surface area (Å²) in [7, 11) is 2.02. The molecule has 0 aromatic carbocycles. The zero-order valence-corrected chi connectivity index (χ0v) is 9.16. The summed E-state index contributed by atoms with van der Waals surface area (Å²) in [6.07, 6.45) is 0.846. The Labute approximate surface area is 85.1 Å². The van der Waals surface area contributed by atoms with Gasteiger partial charge >= 0.3 is 5.97 Å². The summed E-state index contributed by atoms with van der Waals surface area (Å²) in [6, 6.07) is 0.179. The first kappa shape index (κ1) is 11.5. The number of rotatable bonds is 3. The molecular weight excluding hydrogens is 180 g/mol. The van der Waals surface area contributed by atoms with Gasteiger partial charge < -0.3 is 15.7 Å². The molecule has 1 fully saturated rings. The van der Waals surface area contributed by atoms with Crippen molar-refractivity contribution in [2.24, 2.45) is 11.7 Å². The number of aliphatic carboxylic acids is 1. The maximum atomic E-state index is 10.7. The Balaban J connectivity index is 2.81. The molecule has 1 rings (SSSR count). The second-order valence-corrected chi connectivity index (χ2v) is 4.72. The van der Waals surface area contributed by atoms with Gasteiger partial charge in [0.2, 0.25) is 0 Å². The van der Waals surface area contributed by atoms with Crippen LogP contribution < -0.4 is 5.73 Å². The van der Waals surface area contributed by atoms with Gasteiger partial charge in [-0.05, 0) is 19.4 Å². The number of hydrogen-bond donors (Lipinski definition) is 2. The number of likely N-dealkylation sites (tertiary alicyclic amines) is 1. The molecule has 0 amide bonds. The minimum absolute atomic E-state index is 0.0696. The van der Waals surface area contributed by atoms with Gasteiger partial charge in [0, 0.05) is 18.1 Å². The Morgan fingerprint density at radius 1 is 1.71 bits per heavy atom. The van der Waals surface area contributed by atoms with E-state index in [0.29, 0.717) is 5.92 Å². The van der Waals surface area contributed by atoms with Crippen molar-refractivity contribution in [2.45, 2.75) is 38.3 Å². The number of likely N-dealkylation sites (N-methyl/N-ethyl adjacent to an activating group) is 1. The van der Waals surface area contributed by atoms with Crippen molar-refractivity contribution in [1.82, 2.24) is 4.90 Å². The topological polar surface area (TPSA) is 66.6 Å². The van der Waals surface area contributed by atoms with Crippen LogP contribution >= 0.6 is 0 Å². The van der Waals surface area contributed by atoms with Gasteiger partial charge in [-0.2, -0.15) is 0 Å². The lowest BCUT2D eigenvalue weighted by Crippen LogP contribution is -2.54. The van der Waals surface area contributed by atoms with E-state index in [-0.39, 0.29) is 12.5 Å². The van der Waals surface area contributed by atoms with E-state index in [9.17, 15) is 4.79 Å². The first-order valence-corrected chi connectivity index (χ1v) is 5.08. The highest BCUT2D eigenvalue weighted by Gasteiger charge is 2.45. The van der Waals surface area contributed by atoms with Gasteiger partial charge in [-0.3, -0.25) is 4.79 Å². The predicted molar refractivity (Wildman–Crippen MR) is 55.0 cm³/mol. The average Bonchev–Trinajstić information content (AvgIpc) is 2.24. The van der Waals surface area contributed by atoms with Crippen LogP contribution in [0.3, 0.4) is 0 Å². The molecule has 0 radical (unpaired) electrons. The Kier molecular flexibility index (Phi) is 3.17. The highest BCUT2D eigenvalue weighted by atomic mass is 16.4. The highest BCUT2D eigenvalue weighted by Crippen LogP contribution is 2.32. The Morgan fingerprint density at radius 2 is 2.29 bits per heavy atom. The molecule has 1 aliphatic rings. The van der Waals surface area contributed by atoms with Crippen molar-refractivity contribution in [3.8, 4) is 0 Å². The number of hydrogen-bond acceptors (Lipinski definition) is 3. The first-order chi connectivity index (χ1) is 6.37. The molecule has 1 aliphatic heterocycles. The molecule has 82 valence electrons. The summed E-state index contributed by atoms with van der Waals surface area (Å²) < 4.78 is 0. The molecule has 0 aliphatic carbocycles. The summed E-state index contributed by atoms with van der Waals surface area (Å²) in [5.41, 5.74) is 5.63. The van der Waals surface area contributed by atoms with E-state index < -0.39 is 11.5 Å². The van der Waals surface area contributed by atoms with Gasteiger partial charge in [0.05, 0.1) is 6.42 Å². The van der Waals surface area contributed by atoms with Crippen LogP contribution in [0.2, 0.25) is 0 Å². The Hall–Kier alpha value is -0.610. The summed E-state index contributed by atoms with van der Waals surface area (Å²) in [5, 5.41) is 8.83. The van der Waals surface area contributed by atoms with Crippen molar-refractivity contribution >= 4 is 5.97 Å². The smallest absolute Gasteiger partial charge is 0.305 e. The molecule has 0 spiro atoms. The average molecular weight is 200 g/mol. The molecule has 2 atom stereocenters. The van der Waals surface area contributed by atoms with Crippen LogP contribution in [0.4, 0.5) is 0 Å². The fraction of sp³-hybridized carbons (Fsp3) is 0.900. The van der Waals surface area contributed by atoms with E-state index in [0.717, 1.165) is 13.0 Å². The zero-order chi connectivity index (χ0) is 10.9. The summed E-state index contributed by atoms with van der Waals surface area (Å²) in [5.74, 6) is -0.402. The monoisotopic (exact) mass is 200 g/mol. The molecule has 3 N–H and O–H groups in total. The van der Waals surface area contributed by atoms with E-state index >= 15 is 0 Å². The molecule has 1 saturated heterocycles. The van der Waals surface area contributed by atoms with Gasteiger partial charge in [-0.1, -0.05) is 13.8 Å². The second-order valence-electron chi connectivity index (χ2n) is 4.72. The molecule has 4 heteroatoms. The molecule has 0 aromatic rings. The van der Waals surface area contributed by atoms with Crippen LogP contribution in [0.15, 0.2) is 0 Å². The number of nitrogens with zero attached hydrogens (tertiary/aromatic N) is 1. The summed E-state index contributed by atoms with van der Waals surface area (Å²) >= 11 is 0. The van der Waals surface area contributed by atoms with Crippen molar-refractivity contribution in [2.75, 3.05) is 13.6 Å². The zero-order valence-electron chi connectivity index (χ0n) is 9.16. The lowest BCUT2D eigenvalue weighted by Gasteiger charge is -2.35. The molecule has 4 nitrogen and oxygen atoms in total. The van der Waals surface area contributed by atoms with Gasteiger partial charge in [-0.15, -0.1) is 0 Å². The van der Waals surface area contributed by atoms with Crippen LogP contribution in [0.1, 0.15) is 26.7 Å². The largest absolute Gasteiger partial charge is 0.481 e. The van der Waals surface area contributed by atoms with Crippen LogP contribution in [0.5, 0.6) is 0 Å². The minimum atomic E-state index is -0.798. The maximum absolute atomic E-state index is 10.7. The third-order valence-electron chi connectivity index (χ3n) is 3.11. The normalized spacial score (nSPS) is 33.9. The van der Waals surface area contributed by atoms with E-state index in [1.54, 1.807) is 0 Å². The lowest BCUT2D eigenvalue weighted by molar-refractivity contribution is -0.138. The van der Waals surface area contributed by atoms with Gasteiger partial charge in [0.1, 0.15) is 0 Å². The van der Waals surface area contributed by atoms with Crippen LogP contribution in [-0.2, 0) is 4.79 Å². The SMILES string of the molecule is CC(C)C1N(C)CCC1(N)CC(=O)O. The fourth-order valence-electron chi connectivity index (χ4n) is 2.76. The molecule has 14 heavy (non-hydrogen) atoms. The highest BCUT2D eigenvalue weighted by molar-refractivity contribution is 5.68. The fourth-order valence-corrected chi connectivity index (χ4v) is 2.76. The van der Waals surface area contributed by atoms with Crippen LogP contribution in [0, 0.1) is 5.92 Å². The number of carbonyl (C=O) groups is 1. The number of carboxylic acids is 1. The lowest BCUT2D eigenvalue weighted by atomic mass is 9.82. The van der Waals surface area contributed by atoms with Crippen molar-refractivity contribution in [3.63, 3.8) is 0 Å². The van der Waals surface area contributed by atoms with Crippen molar-refractivity contribution < 1.29 is 9.90 Å². The molecule has 2 unspecified atom stereocenters. The third-order valence-corrected chi connectivity index (χ3v) is 3.11. The minimum Gasteiger partial charge on any atom is -0.481 e. The van der Waals surface area contributed by atoms with E-state index in [2.05, 4.69) is 18.7 Å². The molecule has 0 aromatic heterocycles. The quantitative estimate of drug-likeness (QED) is 0.697. The summed E-state index contributed by atoms with van der Waals surface area (Å²) in [4.78, 5) is 12.9. The van der Waals surface area contributed by atoms with Gasteiger partial charge in [0.15, 0.2) is 0 Å². The van der Waals surface area contributed by atoms with E-state index in [1.165, 1.54) is 0 Å². The predicted octanol–water partition coefficient (Wildman–Crippen LogP) is 0.519. The van der Waals surface area contributed by atoms with E-state index in [4.69, 9.17) is 10.8 Å². The summed E-state index contributed by atoms with van der Waals surface area (Å²) in [6.45, 7) is 5.08. The van der Waals surface area contributed by atoms with Crippen LogP contribution in [-0.4, -0.2) is 41.1 Å². The molecule has 0 bridgehead atoms. The molecule has 0 saturated carbocycles. The standard InChI is InChI=1S/C10H20N2O2/c1-7(2)9-10(11,6-8(13)14)4-5-12(9)3/h7,9H,4-6,11H2,1-3H3,(H,13,14). The second kappa shape index (κ2) is 3.87. The third kappa shape index (κ3) is 2.07. The van der Waals surface area contributed by atoms with Crippen molar-refractivity contribution in [1.29, 1.82) is 0 Å². The first-order valence-electron chi connectivity index (χ1n) is 5.08. The molecular formula is C10H20N2O2. The Bertz CT molecular complexity index is 230. The number of nitrogens with two attached hydrogens (primary N) is 1. The van der Waals surface area contributed by atoms with Gasteiger partial charge in [-0.25, -0.2) is 0 Å². The van der Waals surface area contributed by atoms with Gasteiger partial charge in [0.25, 0.3) is 0 Å². The maximum Gasteiger partial charge on any atom is 0.305 e. The Morgan fingerprint density at radius 3 is 2.71 bits per heavy atom. The van der Waals surface area contributed by atoms with Crippen molar-refractivity contribution in [3.05, 3.63) is 0 Å². The molecule has 1 heterocycles. The van der Waals surface area contributed by atoms with Crippen LogP contribution in [0.25, 0.3) is 0 Å². The van der Waals surface area contributed by atoms with E-state index in [1.807, 2.05) is 7.05 Å².